The van der Waals surface area contributed by atoms with Gasteiger partial charge in [0.25, 0.3) is 0 Å². The molecule has 0 spiro atoms. The van der Waals surface area contributed by atoms with Crippen LogP contribution < -0.4 is 5.73 Å². The average Bonchev–Trinajstić information content (AvgIpc) is 2.41. The zero-order valence-corrected chi connectivity index (χ0v) is 11.0. The number of aliphatic hydroxyl groups excluding tert-OH is 1. The quantitative estimate of drug-likeness (QED) is 0.867. The van der Waals surface area contributed by atoms with E-state index in [2.05, 4.69) is 0 Å². The second-order valence-corrected chi connectivity index (χ2v) is 5.55. The van der Waals surface area contributed by atoms with Crippen molar-refractivity contribution >= 4 is 0 Å². The highest BCUT2D eigenvalue weighted by molar-refractivity contribution is 5.27. The van der Waals surface area contributed by atoms with Gasteiger partial charge in [-0.2, -0.15) is 0 Å². The molecule has 1 aliphatic carbocycles. The molecule has 0 aromatic heterocycles. The van der Waals surface area contributed by atoms with E-state index < -0.39 is 6.10 Å². The molecule has 1 unspecified atom stereocenters. The zero-order valence-electron chi connectivity index (χ0n) is 11.0. The third kappa shape index (κ3) is 2.43. The Morgan fingerprint density at radius 2 is 2.00 bits per heavy atom. The van der Waals surface area contributed by atoms with Gasteiger partial charge in [-0.15, -0.1) is 0 Å². The summed E-state index contributed by atoms with van der Waals surface area (Å²) in [6, 6.07) is 4.90. The predicted molar refractivity (Wildman–Crippen MR) is 70.7 cm³/mol. The van der Waals surface area contributed by atoms with Crippen LogP contribution >= 0.6 is 0 Å². The minimum absolute atomic E-state index is 0.327. The molecule has 0 heterocycles. The van der Waals surface area contributed by atoms with Crippen LogP contribution in [0.3, 0.4) is 0 Å². The van der Waals surface area contributed by atoms with Crippen molar-refractivity contribution in [1.82, 2.24) is 0 Å². The van der Waals surface area contributed by atoms with Crippen LogP contribution in [0.5, 0.6) is 0 Å². The number of nitrogens with two attached hydrogens (primary N) is 1. The van der Waals surface area contributed by atoms with Crippen molar-refractivity contribution in [3.63, 3.8) is 0 Å². The summed E-state index contributed by atoms with van der Waals surface area (Å²) in [4.78, 5) is 0. The van der Waals surface area contributed by atoms with Gasteiger partial charge in [-0.3, -0.25) is 0 Å². The van der Waals surface area contributed by atoms with Crippen LogP contribution in [0.15, 0.2) is 18.2 Å². The van der Waals surface area contributed by atoms with Crippen molar-refractivity contribution in [2.24, 2.45) is 11.1 Å². The van der Waals surface area contributed by atoms with Gasteiger partial charge in [0.15, 0.2) is 0 Å². The van der Waals surface area contributed by atoms with Crippen molar-refractivity contribution < 1.29 is 9.50 Å². The third-order valence-electron chi connectivity index (χ3n) is 4.28. The van der Waals surface area contributed by atoms with Crippen LogP contribution in [0, 0.1) is 18.2 Å². The van der Waals surface area contributed by atoms with Crippen molar-refractivity contribution in [3.8, 4) is 0 Å². The van der Waals surface area contributed by atoms with Gasteiger partial charge < -0.3 is 10.8 Å². The Labute approximate surface area is 108 Å². The summed E-state index contributed by atoms with van der Waals surface area (Å²) in [5.74, 6) is -0.327. The molecule has 0 saturated heterocycles. The standard InChI is InChI=1S/C15H22FNO/c1-11-5-6-13(16)12(9-11)14(18)15(10-17)7-3-2-4-8-15/h5-6,9,14,18H,2-4,7-8,10,17H2,1H3. The van der Waals surface area contributed by atoms with Gasteiger partial charge in [0.2, 0.25) is 0 Å². The summed E-state index contributed by atoms with van der Waals surface area (Å²) in [5.41, 5.74) is 6.91. The van der Waals surface area contributed by atoms with Crippen molar-refractivity contribution in [3.05, 3.63) is 35.1 Å². The first-order valence-corrected chi connectivity index (χ1v) is 6.73. The molecule has 3 N–H and O–H groups in total. The van der Waals surface area contributed by atoms with Gasteiger partial charge in [0.1, 0.15) is 5.82 Å². The minimum atomic E-state index is -0.789. The molecule has 1 fully saturated rings. The number of rotatable bonds is 3. The van der Waals surface area contributed by atoms with Crippen LogP contribution in [0.4, 0.5) is 4.39 Å². The van der Waals surface area contributed by atoms with Gasteiger partial charge in [-0.05, 0) is 25.8 Å². The number of aliphatic hydroxyl groups is 1. The van der Waals surface area contributed by atoms with E-state index in [0.717, 1.165) is 31.2 Å². The fourth-order valence-corrected chi connectivity index (χ4v) is 3.05. The largest absolute Gasteiger partial charge is 0.388 e. The number of aryl methyl sites for hydroxylation is 1. The van der Waals surface area contributed by atoms with E-state index in [4.69, 9.17) is 5.73 Å². The van der Waals surface area contributed by atoms with E-state index >= 15 is 0 Å². The Bertz CT molecular complexity index is 413. The monoisotopic (exact) mass is 251 g/mol. The van der Waals surface area contributed by atoms with E-state index in [0.29, 0.717) is 12.1 Å². The molecule has 0 amide bonds. The molecule has 100 valence electrons. The molecule has 1 atom stereocenters. The summed E-state index contributed by atoms with van der Waals surface area (Å²) in [6.07, 6.45) is 4.31. The van der Waals surface area contributed by atoms with E-state index in [9.17, 15) is 9.50 Å². The molecule has 3 heteroatoms. The first-order valence-electron chi connectivity index (χ1n) is 6.73. The second kappa shape index (κ2) is 5.37. The highest BCUT2D eigenvalue weighted by Gasteiger charge is 2.39. The van der Waals surface area contributed by atoms with E-state index in [-0.39, 0.29) is 11.2 Å². The second-order valence-electron chi connectivity index (χ2n) is 5.55. The smallest absolute Gasteiger partial charge is 0.129 e. The van der Waals surface area contributed by atoms with Gasteiger partial charge in [0, 0.05) is 17.5 Å². The molecule has 1 saturated carbocycles. The van der Waals surface area contributed by atoms with Crippen LogP contribution in [-0.2, 0) is 0 Å². The first kappa shape index (κ1) is 13.5. The number of halogens is 1. The molecule has 18 heavy (non-hydrogen) atoms. The van der Waals surface area contributed by atoms with Crippen LogP contribution in [0.25, 0.3) is 0 Å². The summed E-state index contributed by atoms with van der Waals surface area (Å²) in [7, 11) is 0. The van der Waals surface area contributed by atoms with Gasteiger partial charge in [-0.25, -0.2) is 4.39 Å². The lowest BCUT2D eigenvalue weighted by Crippen LogP contribution is -2.39. The van der Waals surface area contributed by atoms with Crippen molar-refractivity contribution in [2.75, 3.05) is 6.54 Å². The predicted octanol–water partition coefficient (Wildman–Crippen LogP) is 3.08. The molecule has 1 aromatic rings. The van der Waals surface area contributed by atoms with Gasteiger partial charge in [-0.1, -0.05) is 37.0 Å². The highest BCUT2D eigenvalue weighted by Crippen LogP contribution is 2.45. The lowest BCUT2D eigenvalue weighted by Gasteiger charge is -2.40. The van der Waals surface area contributed by atoms with Gasteiger partial charge in [0.05, 0.1) is 6.10 Å². The summed E-state index contributed by atoms with van der Waals surface area (Å²) >= 11 is 0. The number of benzene rings is 1. The van der Waals surface area contributed by atoms with Crippen LogP contribution in [0.1, 0.15) is 49.3 Å². The fraction of sp³-hybridized carbons (Fsp3) is 0.600. The number of hydrogen-bond acceptors (Lipinski definition) is 2. The Morgan fingerprint density at radius 3 is 2.61 bits per heavy atom. The fourth-order valence-electron chi connectivity index (χ4n) is 3.05. The average molecular weight is 251 g/mol. The molecule has 2 nitrogen and oxygen atoms in total. The maximum absolute atomic E-state index is 13.9. The molecule has 1 aromatic carbocycles. The topological polar surface area (TPSA) is 46.2 Å². The molecular formula is C15H22FNO. The maximum Gasteiger partial charge on any atom is 0.129 e. The summed E-state index contributed by atoms with van der Waals surface area (Å²) in [5, 5.41) is 10.6. The highest BCUT2D eigenvalue weighted by atomic mass is 19.1. The molecule has 0 radical (unpaired) electrons. The molecule has 0 aliphatic heterocycles. The lowest BCUT2D eigenvalue weighted by molar-refractivity contribution is -0.00156. The molecule has 2 rings (SSSR count). The Balaban J connectivity index is 2.33. The van der Waals surface area contributed by atoms with E-state index in [1.807, 2.05) is 6.92 Å². The van der Waals surface area contributed by atoms with E-state index in [1.54, 1.807) is 12.1 Å². The van der Waals surface area contributed by atoms with Crippen molar-refractivity contribution in [2.45, 2.75) is 45.1 Å². The Morgan fingerprint density at radius 1 is 1.33 bits per heavy atom. The van der Waals surface area contributed by atoms with Crippen molar-refractivity contribution in [1.29, 1.82) is 0 Å². The van der Waals surface area contributed by atoms with Crippen LogP contribution in [-0.4, -0.2) is 11.7 Å². The van der Waals surface area contributed by atoms with Gasteiger partial charge >= 0.3 is 0 Å². The van der Waals surface area contributed by atoms with E-state index in [1.165, 1.54) is 12.5 Å². The third-order valence-corrected chi connectivity index (χ3v) is 4.28. The molecule has 1 aliphatic rings. The maximum atomic E-state index is 13.9. The molecular weight excluding hydrogens is 229 g/mol. The Hall–Kier alpha value is -0.930. The summed E-state index contributed by atoms with van der Waals surface area (Å²) < 4.78 is 13.9. The summed E-state index contributed by atoms with van der Waals surface area (Å²) in [6.45, 7) is 2.33. The SMILES string of the molecule is Cc1ccc(F)c(C(O)C2(CN)CCCCC2)c1. The lowest BCUT2D eigenvalue weighted by atomic mass is 9.68. The zero-order chi connectivity index (χ0) is 13.2. The molecule has 0 bridgehead atoms. The normalized spacial score (nSPS) is 20.7. The first-order chi connectivity index (χ1) is 8.59. The van der Waals surface area contributed by atoms with Crippen LogP contribution in [0.2, 0.25) is 0 Å². The minimum Gasteiger partial charge on any atom is -0.388 e. The Kier molecular flexibility index (Phi) is 4.03. The number of hydrogen-bond donors (Lipinski definition) is 2.